The van der Waals surface area contributed by atoms with Gasteiger partial charge >= 0.3 is 0 Å². The SMILES string of the molecule is CCOc1ccc(C(N)Cc2ccc(Cl)c(Cl)c2)c(Br)c1. The van der Waals surface area contributed by atoms with E-state index in [1.54, 1.807) is 6.07 Å². The lowest BCUT2D eigenvalue weighted by Gasteiger charge is -2.15. The minimum absolute atomic E-state index is 0.132. The van der Waals surface area contributed by atoms with Crippen LogP contribution in [0.1, 0.15) is 24.1 Å². The van der Waals surface area contributed by atoms with E-state index in [2.05, 4.69) is 15.9 Å². The van der Waals surface area contributed by atoms with Crippen LogP contribution in [0.2, 0.25) is 10.0 Å². The maximum absolute atomic E-state index is 6.29. The maximum atomic E-state index is 6.29. The molecule has 0 saturated heterocycles. The van der Waals surface area contributed by atoms with Crippen LogP contribution in [0, 0.1) is 0 Å². The predicted octanol–water partition coefficient (Wildman–Crippen LogP) is 5.40. The smallest absolute Gasteiger partial charge is 0.120 e. The maximum Gasteiger partial charge on any atom is 0.120 e. The first kappa shape index (κ1) is 16.6. The van der Waals surface area contributed by atoms with E-state index in [0.717, 1.165) is 21.3 Å². The molecule has 0 amide bonds. The number of rotatable bonds is 5. The van der Waals surface area contributed by atoms with Crippen molar-refractivity contribution in [1.29, 1.82) is 0 Å². The van der Waals surface area contributed by atoms with Crippen LogP contribution < -0.4 is 10.5 Å². The molecule has 2 rings (SSSR count). The molecule has 0 heterocycles. The van der Waals surface area contributed by atoms with Crippen molar-refractivity contribution < 1.29 is 4.74 Å². The van der Waals surface area contributed by atoms with E-state index in [-0.39, 0.29) is 6.04 Å². The molecule has 0 saturated carbocycles. The average Bonchev–Trinajstić information content (AvgIpc) is 2.43. The summed E-state index contributed by atoms with van der Waals surface area (Å²) in [6.45, 7) is 2.60. The zero-order chi connectivity index (χ0) is 15.4. The largest absolute Gasteiger partial charge is 0.494 e. The molecule has 1 unspecified atom stereocenters. The third kappa shape index (κ3) is 4.36. The van der Waals surface area contributed by atoms with E-state index in [4.69, 9.17) is 33.7 Å². The van der Waals surface area contributed by atoms with Crippen LogP contribution in [-0.2, 0) is 6.42 Å². The molecule has 0 fully saturated rings. The van der Waals surface area contributed by atoms with Gasteiger partial charge in [-0.15, -0.1) is 0 Å². The van der Waals surface area contributed by atoms with Gasteiger partial charge in [0.2, 0.25) is 0 Å². The number of ether oxygens (including phenoxy) is 1. The van der Waals surface area contributed by atoms with Crippen molar-refractivity contribution in [2.24, 2.45) is 5.73 Å². The first-order valence-electron chi connectivity index (χ1n) is 6.63. The highest BCUT2D eigenvalue weighted by molar-refractivity contribution is 9.10. The van der Waals surface area contributed by atoms with Crippen molar-refractivity contribution in [3.05, 3.63) is 62.0 Å². The van der Waals surface area contributed by atoms with Gasteiger partial charge in [-0.1, -0.05) is 51.3 Å². The van der Waals surface area contributed by atoms with Gasteiger partial charge in [-0.2, -0.15) is 0 Å². The second-order valence-electron chi connectivity index (χ2n) is 4.68. The molecule has 2 aromatic carbocycles. The van der Waals surface area contributed by atoms with E-state index in [1.165, 1.54) is 0 Å². The first-order chi connectivity index (χ1) is 10.0. The number of hydrogen-bond donors (Lipinski definition) is 1. The summed E-state index contributed by atoms with van der Waals surface area (Å²) in [5, 5.41) is 1.10. The fourth-order valence-corrected chi connectivity index (χ4v) is 3.07. The zero-order valence-corrected chi connectivity index (χ0v) is 14.7. The van der Waals surface area contributed by atoms with E-state index in [9.17, 15) is 0 Å². The van der Waals surface area contributed by atoms with Crippen LogP contribution in [0.5, 0.6) is 5.75 Å². The Morgan fingerprint density at radius 1 is 1.14 bits per heavy atom. The third-order valence-electron chi connectivity index (χ3n) is 3.12. The summed E-state index contributed by atoms with van der Waals surface area (Å²) in [7, 11) is 0. The van der Waals surface area contributed by atoms with Crippen molar-refractivity contribution >= 4 is 39.1 Å². The van der Waals surface area contributed by atoms with Crippen LogP contribution in [0.4, 0.5) is 0 Å². The van der Waals surface area contributed by atoms with Crippen LogP contribution in [-0.4, -0.2) is 6.61 Å². The second-order valence-corrected chi connectivity index (χ2v) is 6.34. The molecule has 0 radical (unpaired) electrons. The summed E-state index contributed by atoms with van der Waals surface area (Å²) in [5.41, 5.74) is 8.38. The lowest BCUT2D eigenvalue weighted by atomic mass is 9.99. The molecule has 0 spiro atoms. The lowest BCUT2D eigenvalue weighted by Crippen LogP contribution is -2.14. The molecule has 0 aliphatic heterocycles. The van der Waals surface area contributed by atoms with Gasteiger partial charge in [0.1, 0.15) is 5.75 Å². The summed E-state index contributed by atoms with van der Waals surface area (Å²) < 4.78 is 6.41. The summed E-state index contributed by atoms with van der Waals surface area (Å²) in [6, 6.07) is 11.3. The van der Waals surface area contributed by atoms with Crippen LogP contribution in [0.25, 0.3) is 0 Å². The zero-order valence-electron chi connectivity index (χ0n) is 11.6. The van der Waals surface area contributed by atoms with E-state index < -0.39 is 0 Å². The predicted molar refractivity (Wildman–Crippen MR) is 92.4 cm³/mol. The highest BCUT2D eigenvalue weighted by Crippen LogP contribution is 2.30. The van der Waals surface area contributed by atoms with Crippen molar-refractivity contribution in [3.63, 3.8) is 0 Å². The lowest BCUT2D eigenvalue weighted by molar-refractivity contribution is 0.340. The Kier molecular flexibility index (Phi) is 5.94. The van der Waals surface area contributed by atoms with Gasteiger partial charge in [0.25, 0.3) is 0 Å². The Bertz CT molecular complexity index is 634. The van der Waals surface area contributed by atoms with Crippen LogP contribution >= 0.6 is 39.1 Å². The first-order valence-corrected chi connectivity index (χ1v) is 8.18. The summed E-state index contributed by atoms with van der Waals surface area (Å²) in [6.07, 6.45) is 0.684. The number of benzene rings is 2. The molecule has 2 aromatic rings. The van der Waals surface area contributed by atoms with Crippen molar-refractivity contribution in [2.45, 2.75) is 19.4 Å². The normalized spacial score (nSPS) is 12.2. The summed E-state index contributed by atoms with van der Waals surface area (Å²) >= 11 is 15.5. The molecule has 0 aliphatic rings. The van der Waals surface area contributed by atoms with Gasteiger partial charge in [0.15, 0.2) is 0 Å². The molecule has 0 aromatic heterocycles. The number of hydrogen-bond acceptors (Lipinski definition) is 2. The Hall–Kier alpha value is -0.740. The van der Waals surface area contributed by atoms with Crippen LogP contribution in [0.15, 0.2) is 40.9 Å². The molecule has 112 valence electrons. The van der Waals surface area contributed by atoms with Gasteiger partial charge in [-0.3, -0.25) is 0 Å². The van der Waals surface area contributed by atoms with Crippen LogP contribution in [0.3, 0.4) is 0 Å². The van der Waals surface area contributed by atoms with E-state index in [0.29, 0.717) is 23.1 Å². The highest BCUT2D eigenvalue weighted by Gasteiger charge is 2.12. The van der Waals surface area contributed by atoms with Gasteiger partial charge in [-0.25, -0.2) is 0 Å². The van der Waals surface area contributed by atoms with Gasteiger partial charge < -0.3 is 10.5 Å². The Labute approximate surface area is 143 Å². The van der Waals surface area contributed by atoms with Crippen molar-refractivity contribution in [2.75, 3.05) is 6.61 Å². The fraction of sp³-hybridized carbons (Fsp3) is 0.250. The molecular formula is C16H16BrCl2NO. The standard InChI is InChI=1S/C16H16BrCl2NO/c1-2-21-11-4-5-12(13(17)9-11)16(20)8-10-3-6-14(18)15(19)7-10/h3-7,9,16H,2,8,20H2,1H3. The Morgan fingerprint density at radius 2 is 1.90 bits per heavy atom. The molecule has 2 N–H and O–H groups in total. The van der Waals surface area contributed by atoms with Gasteiger partial charge in [0, 0.05) is 10.5 Å². The molecule has 0 aliphatic carbocycles. The monoisotopic (exact) mass is 387 g/mol. The average molecular weight is 389 g/mol. The minimum Gasteiger partial charge on any atom is -0.494 e. The van der Waals surface area contributed by atoms with Gasteiger partial charge in [0.05, 0.1) is 16.7 Å². The molecule has 1 atom stereocenters. The highest BCUT2D eigenvalue weighted by atomic mass is 79.9. The Balaban J connectivity index is 2.16. The molecular weight excluding hydrogens is 373 g/mol. The molecule has 2 nitrogen and oxygen atoms in total. The summed E-state index contributed by atoms with van der Waals surface area (Å²) in [4.78, 5) is 0. The topological polar surface area (TPSA) is 35.2 Å². The Morgan fingerprint density at radius 3 is 2.52 bits per heavy atom. The van der Waals surface area contributed by atoms with E-state index >= 15 is 0 Å². The number of halogens is 3. The fourth-order valence-electron chi connectivity index (χ4n) is 2.10. The van der Waals surface area contributed by atoms with Gasteiger partial charge in [-0.05, 0) is 48.7 Å². The number of nitrogens with two attached hydrogens (primary N) is 1. The van der Waals surface area contributed by atoms with E-state index in [1.807, 2.05) is 37.3 Å². The molecule has 5 heteroatoms. The van der Waals surface area contributed by atoms with Crippen molar-refractivity contribution in [1.82, 2.24) is 0 Å². The minimum atomic E-state index is -0.132. The molecule has 0 bridgehead atoms. The quantitative estimate of drug-likeness (QED) is 0.744. The summed E-state index contributed by atoms with van der Waals surface area (Å²) in [5.74, 6) is 0.829. The third-order valence-corrected chi connectivity index (χ3v) is 4.55. The van der Waals surface area contributed by atoms with Crippen molar-refractivity contribution in [3.8, 4) is 5.75 Å². The second kappa shape index (κ2) is 7.50. The molecule has 21 heavy (non-hydrogen) atoms.